The van der Waals surface area contributed by atoms with Crippen LogP contribution in [-0.4, -0.2) is 23.6 Å². The number of anilines is 2. The van der Waals surface area contributed by atoms with Crippen LogP contribution in [0, 0.1) is 11.2 Å². The van der Waals surface area contributed by atoms with Crippen molar-refractivity contribution in [2.24, 2.45) is 5.41 Å². The second-order valence-corrected chi connectivity index (χ2v) is 4.51. The van der Waals surface area contributed by atoms with E-state index in [0.29, 0.717) is 12.5 Å². The summed E-state index contributed by atoms with van der Waals surface area (Å²) in [6.07, 6.45) is 2.19. The molecule has 0 aliphatic rings. The highest BCUT2D eigenvalue weighted by atomic mass is 19.1. The molecule has 90 valence electrons. The molecule has 0 bridgehead atoms. The maximum atomic E-state index is 13.4. The number of rotatable bonds is 5. The molecule has 4 nitrogen and oxygen atoms in total. The second-order valence-electron chi connectivity index (χ2n) is 4.51. The summed E-state index contributed by atoms with van der Waals surface area (Å²) < 4.78 is 13.4. The molecule has 0 spiro atoms. The molecule has 0 aliphatic heterocycles. The summed E-state index contributed by atoms with van der Waals surface area (Å²) in [7, 11) is 1.70. The molecule has 0 fully saturated rings. The largest absolute Gasteiger partial charge is 0.367 e. The summed E-state index contributed by atoms with van der Waals surface area (Å²) in [6, 6.07) is 0. The summed E-state index contributed by atoms with van der Waals surface area (Å²) in [5, 5.41) is 5.79. The molecule has 2 N–H and O–H groups in total. The zero-order valence-corrected chi connectivity index (χ0v) is 10.3. The first-order valence-corrected chi connectivity index (χ1v) is 5.42. The van der Waals surface area contributed by atoms with Crippen molar-refractivity contribution in [1.29, 1.82) is 0 Å². The predicted molar refractivity (Wildman–Crippen MR) is 64.1 cm³/mol. The van der Waals surface area contributed by atoms with Gasteiger partial charge >= 0.3 is 0 Å². The standard InChI is InChI=1S/C11H19FN4/c1-5-11(2,3)7-15-9-8(12)6-14-10(13-4)16-9/h6H,5,7H2,1-4H3,(H2,13,14,15,16). The number of hydrogen-bond acceptors (Lipinski definition) is 4. The van der Waals surface area contributed by atoms with E-state index in [1.807, 2.05) is 0 Å². The smallest absolute Gasteiger partial charge is 0.224 e. The SMILES string of the molecule is CCC(C)(C)CNc1nc(NC)ncc1F. The fourth-order valence-electron chi connectivity index (χ4n) is 1.06. The normalized spacial score (nSPS) is 11.3. The first-order chi connectivity index (χ1) is 7.48. The van der Waals surface area contributed by atoms with Gasteiger partial charge in [0, 0.05) is 13.6 Å². The predicted octanol–water partition coefficient (Wildman–Crippen LogP) is 2.51. The molecular formula is C11H19FN4. The van der Waals surface area contributed by atoms with Crippen LogP contribution in [-0.2, 0) is 0 Å². The topological polar surface area (TPSA) is 49.8 Å². The summed E-state index contributed by atoms with van der Waals surface area (Å²) >= 11 is 0. The van der Waals surface area contributed by atoms with Crippen molar-refractivity contribution in [3.05, 3.63) is 12.0 Å². The Kier molecular flexibility index (Phi) is 4.04. The molecule has 0 atom stereocenters. The highest BCUT2D eigenvalue weighted by molar-refractivity contribution is 5.40. The van der Waals surface area contributed by atoms with Crippen molar-refractivity contribution < 1.29 is 4.39 Å². The molecule has 1 rings (SSSR count). The molecule has 0 aromatic carbocycles. The molecule has 5 heteroatoms. The van der Waals surface area contributed by atoms with E-state index < -0.39 is 5.82 Å². The first-order valence-electron chi connectivity index (χ1n) is 5.42. The maximum Gasteiger partial charge on any atom is 0.224 e. The number of aromatic nitrogens is 2. The van der Waals surface area contributed by atoms with Crippen LogP contribution in [0.4, 0.5) is 16.2 Å². The lowest BCUT2D eigenvalue weighted by molar-refractivity contribution is 0.376. The minimum absolute atomic E-state index is 0.122. The summed E-state index contributed by atoms with van der Waals surface area (Å²) in [6.45, 7) is 7.04. The lowest BCUT2D eigenvalue weighted by atomic mass is 9.90. The highest BCUT2D eigenvalue weighted by Gasteiger charge is 2.16. The van der Waals surface area contributed by atoms with E-state index in [9.17, 15) is 4.39 Å². The summed E-state index contributed by atoms with van der Waals surface area (Å²) in [5.74, 6) is 0.241. The van der Waals surface area contributed by atoms with Gasteiger partial charge in [0.1, 0.15) is 0 Å². The third kappa shape index (κ3) is 3.32. The zero-order valence-electron chi connectivity index (χ0n) is 10.3. The quantitative estimate of drug-likeness (QED) is 0.810. The Hall–Kier alpha value is -1.39. The fraction of sp³-hybridized carbons (Fsp3) is 0.636. The number of nitrogens with one attached hydrogen (secondary N) is 2. The van der Waals surface area contributed by atoms with Gasteiger partial charge in [-0.15, -0.1) is 0 Å². The van der Waals surface area contributed by atoms with Crippen LogP contribution in [0.5, 0.6) is 0 Å². The average molecular weight is 226 g/mol. The van der Waals surface area contributed by atoms with E-state index in [1.54, 1.807) is 7.05 Å². The van der Waals surface area contributed by atoms with Crippen LogP contribution in [0.15, 0.2) is 6.20 Å². The van der Waals surface area contributed by atoms with Crippen LogP contribution in [0.3, 0.4) is 0 Å². The Bertz CT molecular complexity index is 352. The van der Waals surface area contributed by atoms with Gasteiger partial charge in [0.05, 0.1) is 6.20 Å². The van der Waals surface area contributed by atoms with E-state index in [4.69, 9.17) is 0 Å². The number of halogens is 1. The molecule has 0 amide bonds. The molecular weight excluding hydrogens is 207 g/mol. The Morgan fingerprint density at radius 2 is 2.12 bits per heavy atom. The van der Waals surface area contributed by atoms with Gasteiger partial charge in [0.2, 0.25) is 5.95 Å². The van der Waals surface area contributed by atoms with Gasteiger partial charge in [-0.25, -0.2) is 9.37 Å². The fourth-order valence-corrected chi connectivity index (χ4v) is 1.06. The van der Waals surface area contributed by atoms with Crippen LogP contribution >= 0.6 is 0 Å². The van der Waals surface area contributed by atoms with Gasteiger partial charge in [0.15, 0.2) is 11.6 Å². The van der Waals surface area contributed by atoms with Gasteiger partial charge in [-0.3, -0.25) is 0 Å². The molecule has 0 aliphatic carbocycles. The van der Waals surface area contributed by atoms with Crippen LogP contribution < -0.4 is 10.6 Å². The lowest BCUT2D eigenvalue weighted by Crippen LogP contribution is -2.23. The molecule has 1 aromatic heterocycles. The summed E-state index contributed by atoms with van der Waals surface area (Å²) in [5.41, 5.74) is 0.122. The van der Waals surface area contributed by atoms with Gasteiger partial charge in [-0.2, -0.15) is 4.98 Å². The molecule has 1 aromatic rings. The van der Waals surface area contributed by atoms with Crippen LogP contribution in [0.2, 0.25) is 0 Å². The summed E-state index contributed by atoms with van der Waals surface area (Å²) in [4.78, 5) is 7.80. The van der Waals surface area contributed by atoms with E-state index in [2.05, 4.69) is 41.4 Å². The molecule has 0 unspecified atom stereocenters. The van der Waals surface area contributed by atoms with Gasteiger partial charge in [0.25, 0.3) is 0 Å². The first kappa shape index (κ1) is 12.7. The number of nitrogens with zero attached hydrogens (tertiary/aromatic N) is 2. The van der Waals surface area contributed by atoms with Crippen molar-refractivity contribution in [1.82, 2.24) is 9.97 Å². The third-order valence-electron chi connectivity index (χ3n) is 2.66. The van der Waals surface area contributed by atoms with E-state index in [1.165, 1.54) is 6.20 Å². The monoisotopic (exact) mass is 226 g/mol. The van der Waals surface area contributed by atoms with Crippen molar-refractivity contribution in [3.8, 4) is 0 Å². The zero-order chi connectivity index (χ0) is 12.2. The Morgan fingerprint density at radius 1 is 1.44 bits per heavy atom. The van der Waals surface area contributed by atoms with E-state index in [-0.39, 0.29) is 11.2 Å². The highest BCUT2D eigenvalue weighted by Crippen LogP contribution is 2.21. The maximum absolute atomic E-state index is 13.4. The van der Waals surface area contributed by atoms with E-state index >= 15 is 0 Å². The third-order valence-corrected chi connectivity index (χ3v) is 2.66. The van der Waals surface area contributed by atoms with Gasteiger partial charge < -0.3 is 10.6 Å². The van der Waals surface area contributed by atoms with Crippen molar-refractivity contribution in [3.63, 3.8) is 0 Å². The number of hydrogen-bond donors (Lipinski definition) is 2. The van der Waals surface area contributed by atoms with Gasteiger partial charge in [-0.05, 0) is 11.8 Å². The second kappa shape index (κ2) is 5.09. The molecule has 0 saturated heterocycles. The van der Waals surface area contributed by atoms with Crippen molar-refractivity contribution in [2.75, 3.05) is 24.2 Å². The minimum atomic E-state index is -0.425. The van der Waals surface area contributed by atoms with Crippen LogP contribution in [0.1, 0.15) is 27.2 Å². The van der Waals surface area contributed by atoms with Crippen molar-refractivity contribution >= 4 is 11.8 Å². The molecule has 1 heterocycles. The minimum Gasteiger partial charge on any atom is -0.367 e. The average Bonchev–Trinajstić information content (AvgIpc) is 2.28. The Labute approximate surface area is 95.7 Å². The lowest BCUT2D eigenvalue weighted by Gasteiger charge is -2.23. The Balaban J connectivity index is 2.73. The molecule has 0 radical (unpaired) electrons. The molecule has 0 saturated carbocycles. The van der Waals surface area contributed by atoms with Crippen LogP contribution in [0.25, 0.3) is 0 Å². The Morgan fingerprint density at radius 3 is 2.69 bits per heavy atom. The molecule has 16 heavy (non-hydrogen) atoms. The van der Waals surface area contributed by atoms with Gasteiger partial charge in [-0.1, -0.05) is 20.8 Å². The van der Waals surface area contributed by atoms with E-state index in [0.717, 1.165) is 6.42 Å². The van der Waals surface area contributed by atoms with Crippen molar-refractivity contribution in [2.45, 2.75) is 27.2 Å².